The summed E-state index contributed by atoms with van der Waals surface area (Å²) in [5.41, 5.74) is 0. The molecule has 1 aromatic rings. The van der Waals surface area contributed by atoms with Crippen LogP contribution in [0.1, 0.15) is 0 Å². The van der Waals surface area contributed by atoms with E-state index in [1.807, 2.05) is 0 Å². The Bertz CT molecular complexity index is 316. The van der Waals surface area contributed by atoms with Gasteiger partial charge in [-0.2, -0.15) is 9.21 Å². The van der Waals surface area contributed by atoms with E-state index in [1.54, 1.807) is 0 Å². The van der Waals surface area contributed by atoms with E-state index in [2.05, 4.69) is 11.3 Å². The van der Waals surface area contributed by atoms with Gasteiger partial charge >= 0.3 is 0 Å². The first kappa shape index (κ1) is 8.06. The van der Waals surface area contributed by atoms with Crippen molar-refractivity contribution >= 4 is 10.0 Å². The molecule has 0 spiro atoms. The first-order valence-electron chi connectivity index (χ1n) is 2.88. The lowest BCUT2D eigenvalue weighted by molar-refractivity contribution is 0.573. The molecule has 5 nitrogen and oxygen atoms in total. The molecular weight excluding hydrogens is 166 g/mol. The molecule has 6 heteroatoms. The highest BCUT2D eigenvalue weighted by atomic mass is 32.2. The zero-order chi connectivity index (χ0) is 8.48. The van der Waals surface area contributed by atoms with Gasteiger partial charge in [-0.1, -0.05) is 0 Å². The molecule has 0 saturated heterocycles. The molecule has 0 aromatic carbocycles. The summed E-state index contributed by atoms with van der Waals surface area (Å²) in [4.78, 5) is 1.19. The van der Waals surface area contributed by atoms with E-state index in [0.29, 0.717) is 0 Å². The van der Waals surface area contributed by atoms with Crippen molar-refractivity contribution in [3.05, 3.63) is 18.5 Å². The second-order valence-corrected chi connectivity index (χ2v) is 4.06. The first-order chi connectivity index (χ1) is 5.02. The third kappa shape index (κ3) is 1.70. The van der Waals surface area contributed by atoms with Crippen LogP contribution in [-0.4, -0.2) is 31.6 Å². The highest BCUT2D eigenvalue weighted by molar-refractivity contribution is 7.91. The predicted molar refractivity (Wildman–Crippen MR) is 40.0 cm³/mol. The lowest BCUT2D eigenvalue weighted by Crippen LogP contribution is -2.35. The molecule has 0 bridgehead atoms. The monoisotopic (exact) mass is 174 g/mol. The Labute approximate surface area is 65.3 Å². The van der Waals surface area contributed by atoms with E-state index in [0.717, 1.165) is 10.7 Å². The van der Waals surface area contributed by atoms with Crippen molar-refractivity contribution in [2.75, 3.05) is 17.7 Å². The minimum absolute atomic E-state index is 1.02. The van der Waals surface area contributed by atoms with Gasteiger partial charge < -0.3 is 0 Å². The molecule has 0 aliphatic heterocycles. The molecule has 0 saturated carbocycles. The molecule has 0 N–H and O–H groups in total. The highest BCUT2D eigenvalue weighted by Gasteiger charge is 2.10. The second kappa shape index (κ2) is 2.54. The van der Waals surface area contributed by atoms with Crippen LogP contribution in [0.3, 0.4) is 0 Å². The lowest BCUT2D eigenvalue weighted by Gasteiger charge is -2.14. The molecule has 0 aliphatic rings. The molecule has 11 heavy (non-hydrogen) atoms. The van der Waals surface area contributed by atoms with Gasteiger partial charge in [0.15, 0.2) is 0 Å². The molecular formula is C5H8N3O2S. The molecule has 1 rings (SSSR count). The Hall–Kier alpha value is -1.04. The number of rotatable bonds is 2. The van der Waals surface area contributed by atoms with Crippen LogP contribution in [0.25, 0.3) is 0 Å². The maximum Gasteiger partial charge on any atom is 0.246 e. The number of hydrogen-bond donors (Lipinski definition) is 0. The van der Waals surface area contributed by atoms with Crippen LogP contribution in [-0.2, 0) is 10.0 Å². The van der Waals surface area contributed by atoms with Gasteiger partial charge in [-0.25, -0.2) is 8.42 Å². The van der Waals surface area contributed by atoms with Gasteiger partial charge in [-0.05, 0) is 6.07 Å². The maximum absolute atomic E-state index is 10.9. The van der Waals surface area contributed by atoms with Crippen molar-refractivity contribution in [2.45, 2.75) is 0 Å². The molecule has 0 aliphatic carbocycles. The molecule has 0 amide bonds. The average Bonchev–Trinajstić information content (AvgIpc) is 2.34. The van der Waals surface area contributed by atoms with Gasteiger partial charge in [0.25, 0.3) is 0 Å². The minimum atomic E-state index is -3.21. The molecule has 0 unspecified atom stereocenters. The second-order valence-electron chi connectivity index (χ2n) is 2.06. The van der Waals surface area contributed by atoms with Gasteiger partial charge in [0, 0.05) is 7.05 Å². The lowest BCUT2D eigenvalue weighted by atomic mass is 10.8. The van der Waals surface area contributed by atoms with Crippen molar-refractivity contribution in [3.8, 4) is 0 Å². The fourth-order valence-electron chi connectivity index (χ4n) is 0.535. The molecule has 61 valence electrons. The van der Waals surface area contributed by atoms with E-state index in [9.17, 15) is 8.42 Å². The third-order valence-corrected chi connectivity index (χ3v) is 2.34. The Morgan fingerprint density at radius 2 is 2.27 bits per heavy atom. The van der Waals surface area contributed by atoms with Crippen molar-refractivity contribution < 1.29 is 8.42 Å². The van der Waals surface area contributed by atoms with Gasteiger partial charge in [-0.3, -0.25) is 0 Å². The van der Waals surface area contributed by atoms with Gasteiger partial charge in [0.05, 0.1) is 12.5 Å². The Morgan fingerprint density at radius 3 is 2.64 bits per heavy atom. The molecule has 1 aromatic heterocycles. The third-order valence-electron chi connectivity index (χ3n) is 1.21. The van der Waals surface area contributed by atoms with Gasteiger partial charge in [-0.15, -0.1) is 5.10 Å². The number of sulfonamides is 1. The zero-order valence-electron chi connectivity index (χ0n) is 6.22. The van der Waals surface area contributed by atoms with Crippen LogP contribution in [0.15, 0.2) is 12.3 Å². The summed E-state index contributed by atoms with van der Waals surface area (Å²) in [6.07, 6.45) is 5.10. The standard InChI is InChI=1S/C5H8N3O2S/c1-7(11(2,9)10)8-5-3-4-6-8/h3,5H,1-2H3. The first-order valence-corrected chi connectivity index (χ1v) is 4.72. The van der Waals surface area contributed by atoms with Crippen LogP contribution in [0.2, 0.25) is 0 Å². The minimum Gasteiger partial charge on any atom is -0.205 e. The smallest absolute Gasteiger partial charge is 0.205 e. The predicted octanol–water partition coefficient (Wildman–Crippen LogP) is -0.789. The Kier molecular flexibility index (Phi) is 1.86. The zero-order valence-corrected chi connectivity index (χ0v) is 7.04. The molecule has 0 atom stereocenters. The summed E-state index contributed by atoms with van der Waals surface area (Å²) < 4.78 is 22.8. The molecule has 1 radical (unpaired) electrons. The van der Waals surface area contributed by atoms with E-state index >= 15 is 0 Å². The van der Waals surface area contributed by atoms with E-state index in [4.69, 9.17) is 0 Å². The van der Waals surface area contributed by atoms with Crippen molar-refractivity contribution in [3.63, 3.8) is 0 Å². The topological polar surface area (TPSA) is 55.2 Å². The molecule has 0 fully saturated rings. The highest BCUT2D eigenvalue weighted by Crippen LogP contribution is 1.91. The van der Waals surface area contributed by atoms with Crippen LogP contribution in [0.4, 0.5) is 0 Å². The largest absolute Gasteiger partial charge is 0.246 e. The average molecular weight is 174 g/mol. The van der Waals surface area contributed by atoms with Crippen molar-refractivity contribution in [2.24, 2.45) is 0 Å². The number of aromatic nitrogens is 2. The van der Waals surface area contributed by atoms with Crippen molar-refractivity contribution in [1.82, 2.24) is 9.89 Å². The summed E-state index contributed by atoms with van der Waals surface area (Å²) in [5.74, 6) is 0. The van der Waals surface area contributed by atoms with E-state index in [-0.39, 0.29) is 0 Å². The summed E-state index contributed by atoms with van der Waals surface area (Å²) >= 11 is 0. The Balaban J connectivity index is 2.97. The van der Waals surface area contributed by atoms with Gasteiger partial charge in [0.1, 0.15) is 6.20 Å². The van der Waals surface area contributed by atoms with Crippen LogP contribution < -0.4 is 4.41 Å². The fraction of sp³-hybridized carbons (Fsp3) is 0.400. The number of hydrogen-bond acceptors (Lipinski definition) is 3. The van der Waals surface area contributed by atoms with Crippen LogP contribution in [0, 0.1) is 6.20 Å². The van der Waals surface area contributed by atoms with E-state index < -0.39 is 10.0 Å². The molecule has 1 heterocycles. The summed E-state index contributed by atoms with van der Waals surface area (Å²) in [5, 5.41) is 3.62. The van der Waals surface area contributed by atoms with Crippen molar-refractivity contribution in [1.29, 1.82) is 0 Å². The normalized spacial score (nSPS) is 11.5. The summed E-state index contributed by atoms with van der Waals surface area (Å²) in [6, 6.07) is 1.53. The quantitative estimate of drug-likeness (QED) is 0.590. The van der Waals surface area contributed by atoms with E-state index in [1.165, 1.54) is 24.1 Å². The SMILES string of the molecule is CN(n1cc[c]n1)S(C)(=O)=O. The number of nitrogens with zero attached hydrogens (tertiary/aromatic N) is 3. The maximum atomic E-state index is 10.9. The Morgan fingerprint density at radius 1 is 1.64 bits per heavy atom. The summed E-state index contributed by atoms with van der Waals surface area (Å²) in [7, 11) is -1.80. The van der Waals surface area contributed by atoms with Crippen LogP contribution in [0.5, 0.6) is 0 Å². The van der Waals surface area contributed by atoms with Crippen LogP contribution >= 0.6 is 0 Å². The fourth-order valence-corrected chi connectivity index (χ4v) is 0.930. The summed E-state index contributed by atoms with van der Waals surface area (Å²) in [6.45, 7) is 0. The van der Waals surface area contributed by atoms with Gasteiger partial charge in [0.2, 0.25) is 10.0 Å².